The lowest BCUT2D eigenvalue weighted by Crippen LogP contribution is -2.40. The highest BCUT2D eigenvalue weighted by molar-refractivity contribution is 5.68. The molecule has 1 N–H and O–H groups in total. The van der Waals surface area contributed by atoms with E-state index < -0.39 is 5.97 Å². The first kappa shape index (κ1) is 13.8. The summed E-state index contributed by atoms with van der Waals surface area (Å²) in [6.07, 6.45) is 2.19. The number of amides is 1. The summed E-state index contributed by atoms with van der Waals surface area (Å²) in [6, 6.07) is 0. The smallest absolute Gasteiger partial charge is 0.410 e. The Bertz CT molecular complexity index is 272. The standard InChI is InChI=1S/C12H21NO4/c1-3-9(2)17-12(16)13-6-4-10(5-7-13)8-11(14)15/h9-10H,3-8H2,1-2H3,(H,14,15). The van der Waals surface area contributed by atoms with Crippen LogP contribution in [0.3, 0.4) is 0 Å². The van der Waals surface area contributed by atoms with E-state index in [1.807, 2.05) is 13.8 Å². The average Bonchev–Trinajstić information content (AvgIpc) is 2.28. The second-order valence-corrected chi connectivity index (χ2v) is 4.63. The number of aliphatic carboxylic acids is 1. The number of hydrogen-bond acceptors (Lipinski definition) is 3. The van der Waals surface area contributed by atoms with Crippen molar-refractivity contribution >= 4 is 12.1 Å². The summed E-state index contributed by atoms with van der Waals surface area (Å²) in [7, 11) is 0. The van der Waals surface area contributed by atoms with Crippen molar-refractivity contribution in [3.63, 3.8) is 0 Å². The summed E-state index contributed by atoms with van der Waals surface area (Å²) < 4.78 is 5.23. The third-order valence-electron chi connectivity index (χ3n) is 3.21. The Morgan fingerprint density at radius 3 is 2.47 bits per heavy atom. The average molecular weight is 243 g/mol. The maximum absolute atomic E-state index is 11.7. The van der Waals surface area contributed by atoms with Crippen LogP contribution >= 0.6 is 0 Å². The van der Waals surface area contributed by atoms with Gasteiger partial charge in [0.25, 0.3) is 0 Å². The van der Waals surface area contributed by atoms with Crippen molar-refractivity contribution in [3.05, 3.63) is 0 Å². The Balaban J connectivity index is 2.31. The van der Waals surface area contributed by atoms with Gasteiger partial charge in [0.1, 0.15) is 6.10 Å². The van der Waals surface area contributed by atoms with E-state index >= 15 is 0 Å². The van der Waals surface area contributed by atoms with Gasteiger partial charge in [0.05, 0.1) is 0 Å². The van der Waals surface area contributed by atoms with Gasteiger partial charge in [-0.3, -0.25) is 4.79 Å². The van der Waals surface area contributed by atoms with E-state index in [-0.39, 0.29) is 24.5 Å². The van der Waals surface area contributed by atoms with Gasteiger partial charge in [0.15, 0.2) is 0 Å². The Hall–Kier alpha value is -1.26. The molecule has 1 aliphatic rings. The van der Waals surface area contributed by atoms with Gasteiger partial charge in [0, 0.05) is 19.5 Å². The topological polar surface area (TPSA) is 66.8 Å². The normalized spacial score (nSPS) is 18.8. The molecule has 0 bridgehead atoms. The second kappa shape index (κ2) is 6.47. The van der Waals surface area contributed by atoms with Gasteiger partial charge in [0.2, 0.25) is 0 Å². The highest BCUT2D eigenvalue weighted by atomic mass is 16.6. The minimum Gasteiger partial charge on any atom is -0.481 e. The number of likely N-dealkylation sites (tertiary alicyclic amines) is 1. The highest BCUT2D eigenvalue weighted by Crippen LogP contribution is 2.21. The molecule has 0 aromatic carbocycles. The van der Waals surface area contributed by atoms with E-state index in [1.54, 1.807) is 4.90 Å². The first-order valence-corrected chi connectivity index (χ1v) is 6.20. The van der Waals surface area contributed by atoms with Gasteiger partial charge in [-0.05, 0) is 32.1 Å². The summed E-state index contributed by atoms with van der Waals surface area (Å²) in [6.45, 7) is 5.05. The van der Waals surface area contributed by atoms with Crippen molar-refractivity contribution in [1.29, 1.82) is 0 Å². The van der Waals surface area contributed by atoms with Gasteiger partial charge in [-0.1, -0.05) is 6.92 Å². The third-order valence-corrected chi connectivity index (χ3v) is 3.21. The van der Waals surface area contributed by atoms with Gasteiger partial charge in [-0.2, -0.15) is 0 Å². The number of ether oxygens (including phenoxy) is 1. The molecule has 0 spiro atoms. The number of piperidine rings is 1. The molecule has 1 fully saturated rings. The first-order valence-electron chi connectivity index (χ1n) is 6.20. The van der Waals surface area contributed by atoms with Crippen molar-refractivity contribution < 1.29 is 19.4 Å². The molecule has 0 aromatic heterocycles. The lowest BCUT2D eigenvalue weighted by molar-refractivity contribution is -0.138. The Morgan fingerprint density at radius 2 is 2.00 bits per heavy atom. The van der Waals surface area contributed by atoms with Gasteiger partial charge >= 0.3 is 12.1 Å². The SMILES string of the molecule is CCC(C)OC(=O)N1CCC(CC(=O)O)CC1. The Labute approximate surface area is 102 Å². The van der Waals surface area contributed by atoms with Crippen LogP contribution in [0.2, 0.25) is 0 Å². The summed E-state index contributed by atoms with van der Waals surface area (Å²) in [5.41, 5.74) is 0. The number of carbonyl (C=O) groups excluding carboxylic acids is 1. The summed E-state index contributed by atoms with van der Waals surface area (Å²) in [5.74, 6) is -0.564. The predicted octanol–water partition coefficient (Wildman–Crippen LogP) is 2.11. The molecular weight excluding hydrogens is 222 g/mol. The van der Waals surface area contributed by atoms with Crippen LogP contribution in [0.15, 0.2) is 0 Å². The summed E-state index contributed by atoms with van der Waals surface area (Å²) >= 11 is 0. The zero-order valence-electron chi connectivity index (χ0n) is 10.5. The van der Waals surface area contributed by atoms with E-state index in [0.29, 0.717) is 13.1 Å². The van der Waals surface area contributed by atoms with Crippen molar-refractivity contribution in [2.45, 2.75) is 45.6 Å². The number of nitrogens with zero attached hydrogens (tertiary/aromatic N) is 1. The summed E-state index contributed by atoms with van der Waals surface area (Å²) in [4.78, 5) is 23.9. The molecule has 0 aromatic rings. The number of carbonyl (C=O) groups is 2. The highest BCUT2D eigenvalue weighted by Gasteiger charge is 2.25. The van der Waals surface area contributed by atoms with Crippen LogP contribution in [0, 0.1) is 5.92 Å². The lowest BCUT2D eigenvalue weighted by atomic mass is 9.94. The minimum absolute atomic E-state index is 0.0563. The zero-order valence-corrected chi connectivity index (χ0v) is 10.5. The quantitative estimate of drug-likeness (QED) is 0.821. The van der Waals surface area contributed by atoms with Crippen molar-refractivity contribution in [2.75, 3.05) is 13.1 Å². The van der Waals surface area contributed by atoms with Crippen molar-refractivity contribution in [2.24, 2.45) is 5.92 Å². The van der Waals surface area contributed by atoms with E-state index in [0.717, 1.165) is 19.3 Å². The molecule has 98 valence electrons. The van der Waals surface area contributed by atoms with Crippen LogP contribution in [0.5, 0.6) is 0 Å². The van der Waals surface area contributed by atoms with Crippen molar-refractivity contribution in [1.82, 2.24) is 4.90 Å². The molecule has 1 atom stereocenters. The predicted molar refractivity (Wildman–Crippen MR) is 62.8 cm³/mol. The fourth-order valence-corrected chi connectivity index (χ4v) is 1.90. The van der Waals surface area contributed by atoms with E-state index in [2.05, 4.69) is 0 Å². The van der Waals surface area contributed by atoms with Gasteiger partial charge in [-0.25, -0.2) is 4.79 Å². The number of rotatable bonds is 4. The summed E-state index contributed by atoms with van der Waals surface area (Å²) in [5, 5.41) is 8.69. The lowest BCUT2D eigenvalue weighted by Gasteiger charge is -2.31. The van der Waals surface area contributed by atoms with E-state index in [1.165, 1.54) is 0 Å². The van der Waals surface area contributed by atoms with Crippen LogP contribution in [-0.4, -0.2) is 41.3 Å². The molecular formula is C12H21NO4. The number of carboxylic acids is 1. The molecule has 1 amide bonds. The van der Waals surface area contributed by atoms with Crippen LogP contribution in [0.4, 0.5) is 4.79 Å². The zero-order chi connectivity index (χ0) is 12.8. The second-order valence-electron chi connectivity index (χ2n) is 4.63. The molecule has 0 radical (unpaired) electrons. The molecule has 5 nitrogen and oxygen atoms in total. The van der Waals surface area contributed by atoms with E-state index in [9.17, 15) is 9.59 Å². The monoisotopic (exact) mass is 243 g/mol. The van der Waals surface area contributed by atoms with Crippen LogP contribution in [0.25, 0.3) is 0 Å². The van der Waals surface area contributed by atoms with Gasteiger partial charge < -0.3 is 14.7 Å². The molecule has 5 heteroatoms. The molecule has 1 saturated heterocycles. The molecule has 0 saturated carbocycles. The fraction of sp³-hybridized carbons (Fsp3) is 0.833. The molecule has 1 aliphatic heterocycles. The Morgan fingerprint density at radius 1 is 1.41 bits per heavy atom. The third kappa shape index (κ3) is 4.63. The maximum Gasteiger partial charge on any atom is 0.410 e. The van der Waals surface area contributed by atoms with Crippen LogP contribution < -0.4 is 0 Å². The van der Waals surface area contributed by atoms with Crippen molar-refractivity contribution in [3.8, 4) is 0 Å². The number of carboxylic acid groups (broad SMARTS) is 1. The maximum atomic E-state index is 11.7. The molecule has 17 heavy (non-hydrogen) atoms. The molecule has 1 unspecified atom stereocenters. The fourth-order valence-electron chi connectivity index (χ4n) is 1.90. The molecule has 1 heterocycles. The van der Waals surface area contributed by atoms with Crippen LogP contribution in [-0.2, 0) is 9.53 Å². The largest absolute Gasteiger partial charge is 0.481 e. The minimum atomic E-state index is -0.759. The molecule has 0 aliphatic carbocycles. The Kier molecular flexibility index (Phi) is 5.25. The molecule has 1 rings (SSSR count). The van der Waals surface area contributed by atoms with E-state index in [4.69, 9.17) is 9.84 Å². The van der Waals surface area contributed by atoms with Crippen LogP contribution in [0.1, 0.15) is 39.5 Å². The first-order chi connectivity index (χ1) is 8.02. The number of hydrogen-bond donors (Lipinski definition) is 1. The van der Waals surface area contributed by atoms with Gasteiger partial charge in [-0.15, -0.1) is 0 Å².